The molecular weight excluding hydrogens is 202 g/mol. The van der Waals surface area contributed by atoms with Crippen LogP contribution in [-0.2, 0) is 11.2 Å². The Morgan fingerprint density at radius 2 is 2.20 bits per heavy atom. The van der Waals surface area contributed by atoms with E-state index in [0.717, 1.165) is 6.29 Å². The number of rotatable bonds is 5. The molecule has 82 valence electrons. The number of benzene rings is 1. The lowest BCUT2D eigenvalue weighted by Crippen LogP contribution is -1.95. The van der Waals surface area contributed by atoms with Crippen molar-refractivity contribution < 1.29 is 18.3 Å². The zero-order chi connectivity index (χ0) is 11.3. The van der Waals surface area contributed by atoms with Gasteiger partial charge in [-0.05, 0) is 30.2 Å². The summed E-state index contributed by atoms with van der Waals surface area (Å²) in [5.74, 6) is 0.543. The molecule has 1 aromatic rings. The molecule has 0 radical (unpaired) electrons. The number of carbonyl (C=O) groups excluding carboxylic acids is 1. The van der Waals surface area contributed by atoms with Gasteiger partial charge < -0.3 is 9.53 Å². The lowest BCUT2D eigenvalue weighted by molar-refractivity contribution is -0.107. The van der Waals surface area contributed by atoms with Gasteiger partial charge in [-0.1, -0.05) is 0 Å². The van der Waals surface area contributed by atoms with Crippen molar-refractivity contribution in [1.29, 1.82) is 0 Å². The maximum absolute atomic E-state index is 12.4. The number of ether oxygens (including phenoxy) is 1. The molecule has 0 fully saturated rings. The number of aldehydes is 1. The second-order valence-corrected chi connectivity index (χ2v) is 3.08. The molecule has 4 heteroatoms. The number of hydrogen-bond acceptors (Lipinski definition) is 2. The van der Waals surface area contributed by atoms with Crippen molar-refractivity contribution in [1.82, 2.24) is 0 Å². The smallest absolute Gasteiger partial charge is 0.263 e. The fraction of sp³-hybridized carbons (Fsp3) is 0.364. The highest BCUT2D eigenvalue weighted by Crippen LogP contribution is 2.26. The molecule has 0 aromatic heterocycles. The van der Waals surface area contributed by atoms with Crippen molar-refractivity contribution in [2.24, 2.45) is 0 Å². The van der Waals surface area contributed by atoms with E-state index in [1.807, 2.05) is 0 Å². The Labute approximate surface area is 86.9 Å². The van der Waals surface area contributed by atoms with Crippen molar-refractivity contribution in [2.75, 3.05) is 7.11 Å². The zero-order valence-corrected chi connectivity index (χ0v) is 8.37. The van der Waals surface area contributed by atoms with Crippen LogP contribution in [0.4, 0.5) is 8.78 Å². The molecule has 0 amide bonds. The van der Waals surface area contributed by atoms with Crippen molar-refractivity contribution in [2.45, 2.75) is 19.3 Å². The molecule has 0 spiro atoms. The summed E-state index contributed by atoms with van der Waals surface area (Å²) in [6.45, 7) is 0. The first-order chi connectivity index (χ1) is 7.19. The normalized spacial score (nSPS) is 10.4. The van der Waals surface area contributed by atoms with Gasteiger partial charge in [-0.3, -0.25) is 0 Å². The Morgan fingerprint density at radius 1 is 1.47 bits per heavy atom. The summed E-state index contributed by atoms with van der Waals surface area (Å²) in [6, 6.07) is 4.21. The zero-order valence-electron chi connectivity index (χ0n) is 8.37. The van der Waals surface area contributed by atoms with Gasteiger partial charge in [0.2, 0.25) is 0 Å². The molecule has 0 bridgehead atoms. The van der Waals surface area contributed by atoms with Gasteiger partial charge in [-0.15, -0.1) is 0 Å². The SMILES string of the molecule is COc1ccc(C(F)F)cc1CCC=O. The first-order valence-electron chi connectivity index (χ1n) is 4.57. The van der Waals surface area contributed by atoms with Crippen LogP contribution >= 0.6 is 0 Å². The summed E-state index contributed by atoms with van der Waals surface area (Å²) in [5.41, 5.74) is 0.596. The van der Waals surface area contributed by atoms with Crippen LogP contribution < -0.4 is 4.74 Å². The van der Waals surface area contributed by atoms with E-state index in [1.54, 1.807) is 0 Å². The van der Waals surface area contributed by atoms with Gasteiger partial charge in [0.05, 0.1) is 7.11 Å². The minimum absolute atomic E-state index is 0.0447. The molecule has 1 rings (SSSR count). The van der Waals surface area contributed by atoms with E-state index >= 15 is 0 Å². The first kappa shape index (κ1) is 11.6. The number of carbonyl (C=O) groups is 1. The molecule has 2 nitrogen and oxygen atoms in total. The van der Waals surface area contributed by atoms with Gasteiger partial charge in [0.15, 0.2) is 0 Å². The number of halogens is 2. The van der Waals surface area contributed by atoms with Crippen LogP contribution in [0.5, 0.6) is 5.75 Å². The third-order valence-electron chi connectivity index (χ3n) is 2.09. The summed E-state index contributed by atoms with van der Waals surface area (Å²) in [7, 11) is 1.47. The Kier molecular flexibility index (Phi) is 4.21. The molecule has 0 saturated carbocycles. The lowest BCUT2D eigenvalue weighted by atomic mass is 10.1. The summed E-state index contributed by atoms with van der Waals surface area (Å²) in [4.78, 5) is 10.2. The maximum atomic E-state index is 12.4. The molecule has 0 atom stereocenters. The molecule has 0 aliphatic rings. The van der Waals surface area contributed by atoms with E-state index in [1.165, 1.54) is 25.3 Å². The van der Waals surface area contributed by atoms with E-state index < -0.39 is 6.43 Å². The molecule has 0 aliphatic heterocycles. The molecule has 15 heavy (non-hydrogen) atoms. The molecule has 1 aromatic carbocycles. The van der Waals surface area contributed by atoms with E-state index in [2.05, 4.69) is 0 Å². The number of aryl methyl sites for hydroxylation is 1. The Balaban J connectivity index is 2.96. The third kappa shape index (κ3) is 3.01. The Hall–Kier alpha value is -1.45. The van der Waals surface area contributed by atoms with Crippen LogP contribution in [0.3, 0.4) is 0 Å². The number of methoxy groups -OCH3 is 1. The van der Waals surface area contributed by atoms with E-state index in [4.69, 9.17) is 4.74 Å². The van der Waals surface area contributed by atoms with E-state index in [0.29, 0.717) is 24.2 Å². The predicted molar refractivity (Wildman–Crippen MR) is 52.3 cm³/mol. The average molecular weight is 214 g/mol. The van der Waals surface area contributed by atoms with Crippen LogP contribution in [0.1, 0.15) is 24.0 Å². The topological polar surface area (TPSA) is 26.3 Å². The fourth-order valence-corrected chi connectivity index (χ4v) is 1.34. The lowest BCUT2D eigenvalue weighted by Gasteiger charge is -2.09. The van der Waals surface area contributed by atoms with Crippen molar-refractivity contribution in [3.63, 3.8) is 0 Å². The molecule has 0 heterocycles. The average Bonchev–Trinajstić information content (AvgIpc) is 2.25. The van der Waals surface area contributed by atoms with E-state index in [9.17, 15) is 13.6 Å². The monoisotopic (exact) mass is 214 g/mol. The van der Waals surface area contributed by atoms with E-state index in [-0.39, 0.29) is 5.56 Å². The summed E-state index contributed by atoms with van der Waals surface area (Å²) in [5, 5.41) is 0. The van der Waals surface area contributed by atoms with Gasteiger partial charge in [0.25, 0.3) is 6.43 Å². The standard InChI is InChI=1S/C11H12F2O2/c1-15-10-5-4-9(11(12)13)7-8(10)3-2-6-14/h4-7,11H,2-3H2,1H3. The second kappa shape index (κ2) is 5.44. The highest BCUT2D eigenvalue weighted by atomic mass is 19.3. The second-order valence-electron chi connectivity index (χ2n) is 3.08. The van der Waals surface area contributed by atoms with Crippen molar-refractivity contribution >= 4 is 6.29 Å². The highest BCUT2D eigenvalue weighted by molar-refractivity contribution is 5.51. The predicted octanol–water partition coefficient (Wildman–Crippen LogP) is 2.76. The highest BCUT2D eigenvalue weighted by Gasteiger charge is 2.10. The molecule has 0 aliphatic carbocycles. The molecule has 0 saturated heterocycles. The molecular formula is C11H12F2O2. The van der Waals surface area contributed by atoms with Gasteiger partial charge in [-0.25, -0.2) is 8.78 Å². The van der Waals surface area contributed by atoms with Crippen LogP contribution in [0.25, 0.3) is 0 Å². The molecule has 0 N–H and O–H groups in total. The minimum Gasteiger partial charge on any atom is -0.496 e. The van der Waals surface area contributed by atoms with Crippen molar-refractivity contribution in [3.8, 4) is 5.75 Å². The van der Waals surface area contributed by atoms with Crippen molar-refractivity contribution in [3.05, 3.63) is 29.3 Å². The Morgan fingerprint density at radius 3 is 2.73 bits per heavy atom. The van der Waals surface area contributed by atoms with Crippen LogP contribution in [0.15, 0.2) is 18.2 Å². The van der Waals surface area contributed by atoms with Crippen LogP contribution in [0, 0.1) is 0 Å². The minimum atomic E-state index is -2.49. The number of alkyl halides is 2. The van der Waals surface area contributed by atoms with Gasteiger partial charge in [-0.2, -0.15) is 0 Å². The first-order valence-corrected chi connectivity index (χ1v) is 4.57. The van der Waals surface area contributed by atoms with Crippen LogP contribution in [-0.4, -0.2) is 13.4 Å². The summed E-state index contributed by atoms with van der Waals surface area (Å²) in [6.07, 6.45) is -1.00. The number of hydrogen-bond donors (Lipinski definition) is 0. The quantitative estimate of drug-likeness (QED) is 0.704. The van der Waals surface area contributed by atoms with Gasteiger partial charge in [0.1, 0.15) is 12.0 Å². The fourth-order valence-electron chi connectivity index (χ4n) is 1.34. The Bertz CT molecular complexity index is 337. The van der Waals surface area contributed by atoms with Gasteiger partial charge >= 0.3 is 0 Å². The summed E-state index contributed by atoms with van der Waals surface area (Å²) < 4.78 is 29.8. The van der Waals surface area contributed by atoms with Crippen LogP contribution in [0.2, 0.25) is 0 Å². The molecule has 0 unspecified atom stereocenters. The maximum Gasteiger partial charge on any atom is 0.263 e. The third-order valence-corrected chi connectivity index (χ3v) is 2.09. The van der Waals surface area contributed by atoms with Gasteiger partial charge in [0, 0.05) is 12.0 Å². The largest absolute Gasteiger partial charge is 0.496 e. The summed E-state index contributed by atoms with van der Waals surface area (Å²) >= 11 is 0.